The summed E-state index contributed by atoms with van der Waals surface area (Å²) in [6, 6.07) is 0. The Hall–Kier alpha value is -0.830. The number of ketones is 1. The minimum Gasteiger partial charge on any atom is -0.390 e. The van der Waals surface area contributed by atoms with Crippen molar-refractivity contribution in [1.29, 1.82) is 0 Å². The number of carbonyl (C=O) groups is 1. The molecule has 3 saturated carbocycles. The SMILES string of the molecule is CC(C)(O)CC[C@@H](O)[C@](C)(O)[C@H]1CC[C@@]2(O)C3=CC(=O)[C@@H]4C(C)(C)[C@@H](O)[C@@H](O)C[C@]4(C)[C@H]3CC[C@]12C. The van der Waals surface area contributed by atoms with Crippen LogP contribution >= 0.6 is 0 Å². The maximum Gasteiger partial charge on any atom is 0.160 e. The van der Waals surface area contributed by atoms with Crippen molar-refractivity contribution in [3.05, 3.63) is 11.6 Å². The summed E-state index contributed by atoms with van der Waals surface area (Å²) in [6.07, 6.45) is 1.66. The van der Waals surface area contributed by atoms with E-state index in [9.17, 15) is 35.4 Å². The van der Waals surface area contributed by atoms with E-state index in [1.165, 1.54) is 0 Å². The number of rotatable bonds is 5. The van der Waals surface area contributed by atoms with E-state index in [2.05, 4.69) is 0 Å². The third kappa shape index (κ3) is 3.79. The predicted octanol–water partition coefficient (Wildman–Crippen LogP) is 2.49. The summed E-state index contributed by atoms with van der Waals surface area (Å²) in [4.78, 5) is 13.7. The Morgan fingerprint density at radius 2 is 1.67 bits per heavy atom. The molecule has 0 aromatic carbocycles. The number of carbonyl (C=O) groups excluding carboxylic acids is 1. The summed E-state index contributed by atoms with van der Waals surface area (Å²) in [5.74, 6) is -1.10. The number of hydrogen-bond donors (Lipinski definition) is 6. The van der Waals surface area contributed by atoms with E-state index in [1.807, 2.05) is 27.7 Å². The van der Waals surface area contributed by atoms with Gasteiger partial charge >= 0.3 is 0 Å². The van der Waals surface area contributed by atoms with E-state index >= 15 is 0 Å². The van der Waals surface area contributed by atoms with Crippen molar-refractivity contribution < 1.29 is 35.4 Å². The highest BCUT2D eigenvalue weighted by Crippen LogP contribution is 2.70. The molecule has 0 aromatic rings. The third-order valence-corrected chi connectivity index (χ3v) is 11.3. The summed E-state index contributed by atoms with van der Waals surface area (Å²) < 4.78 is 0. The van der Waals surface area contributed by atoms with Crippen LogP contribution in [0.3, 0.4) is 0 Å². The van der Waals surface area contributed by atoms with Crippen LogP contribution in [0.4, 0.5) is 0 Å². The first-order valence-electron chi connectivity index (χ1n) is 13.7. The molecule has 3 fully saturated rings. The number of aliphatic hydroxyl groups excluding tert-OH is 3. The van der Waals surface area contributed by atoms with E-state index in [4.69, 9.17) is 0 Å². The number of fused-ring (bicyclic) bond motifs is 5. The Morgan fingerprint density at radius 3 is 2.25 bits per heavy atom. The molecule has 10 atom stereocenters. The molecule has 0 spiro atoms. The molecule has 0 aliphatic heterocycles. The molecule has 206 valence electrons. The lowest BCUT2D eigenvalue weighted by molar-refractivity contribution is -0.197. The Balaban J connectivity index is 1.71. The van der Waals surface area contributed by atoms with Crippen LogP contribution in [0.15, 0.2) is 11.6 Å². The highest BCUT2D eigenvalue weighted by molar-refractivity contribution is 5.95. The molecule has 7 nitrogen and oxygen atoms in total. The standard InChI is InChI=1S/C29H48O7/c1-24(2,34)11-10-21(32)28(7,35)20-9-13-29(36)17-14-18(30)22-25(3,4)23(33)19(31)15-26(22,5)16(17)8-12-27(20,29)6/h14,16,19-23,31-36H,8-13,15H2,1-7H3/t16-,19-,20-,21+,22+,23-,26+,27+,28+,29+/m0/s1. The Bertz CT molecular complexity index is 932. The first-order chi connectivity index (χ1) is 16.2. The molecular formula is C29H48O7. The van der Waals surface area contributed by atoms with Crippen LogP contribution in [0.25, 0.3) is 0 Å². The zero-order chi connectivity index (χ0) is 27.3. The van der Waals surface area contributed by atoms with Crippen LogP contribution in [0.2, 0.25) is 0 Å². The molecule has 7 heteroatoms. The zero-order valence-electron chi connectivity index (χ0n) is 23.1. The average Bonchev–Trinajstić information content (AvgIpc) is 3.02. The molecule has 0 unspecified atom stereocenters. The van der Waals surface area contributed by atoms with Crippen molar-refractivity contribution in [3.8, 4) is 0 Å². The average molecular weight is 509 g/mol. The van der Waals surface area contributed by atoms with E-state index in [0.29, 0.717) is 44.1 Å². The molecule has 0 heterocycles. The summed E-state index contributed by atoms with van der Waals surface area (Å²) >= 11 is 0. The van der Waals surface area contributed by atoms with Crippen LogP contribution in [-0.4, -0.2) is 71.5 Å². The van der Waals surface area contributed by atoms with Crippen LogP contribution in [-0.2, 0) is 4.79 Å². The fraction of sp³-hybridized carbons (Fsp3) is 0.897. The maximum absolute atomic E-state index is 13.7. The van der Waals surface area contributed by atoms with Gasteiger partial charge in [-0.25, -0.2) is 0 Å². The van der Waals surface area contributed by atoms with Gasteiger partial charge in [-0.2, -0.15) is 0 Å². The minimum atomic E-state index is -1.48. The number of allylic oxidation sites excluding steroid dienone is 1. The van der Waals surface area contributed by atoms with Gasteiger partial charge in [0.25, 0.3) is 0 Å². The van der Waals surface area contributed by atoms with Crippen LogP contribution < -0.4 is 0 Å². The van der Waals surface area contributed by atoms with Crippen molar-refractivity contribution in [2.75, 3.05) is 0 Å². The highest BCUT2D eigenvalue weighted by atomic mass is 16.3. The van der Waals surface area contributed by atoms with Crippen molar-refractivity contribution in [2.45, 2.75) is 129 Å². The van der Waals surface area contributed by atoms with Gasteiger partial charge in [-0.3, -0.25) is 4.79 Å². The zero-order valence-corrected chi connectivity index (χ0v) is 23.1. The molecule has 0 bridgehead atoms. The van der Waals surface area contributed by atoms with Crippen LogP contribution in [0, 0.1) is 34.0 Å². The van der Waals surface area contributed by atoms with Gasteiger partial charge in [0.15, 0.2) is 5.78 Å². The second kappa shape index (κ2) is 8.33. The van der Waals surface area contributed by atoms with Gasteiger partial charge in [-0.05, 0) is 94.6 Å². The minimum absolute atomic E-state index is 0.113. The fourth-order valence-corrected chi connectivity index (χ4v) is 9.31. The van der Waals surface area contributed by atoms with Gasteiger partial charge < -0.3 is 30.6 Å². The van der Waals surface area contributed by atoms with Crippen LogP contribution in [0.1, 0.15) is 93.4 Å². The second-order valence-electron chi connectivity index (χ2n) is 14.5. The number of aliphatic hydroxyl groups is 6. The summed E-state index contributed by atoms with van der Waals surface area (Å²) in [5.41, 5.74) is -5.20. The lowest BCUT2D eigenvalue weighted by Gasteiger charge is -2.63. The largest absolute Gasteiger partial charge is 0.390 e. The first kappa shape index (κ1) is 28.2. The smallest absolute Gasteiger partial charge is 0.160 e. The van der Waals surface area contributed by atoms with Gasteiger partial charge in [-0.1, -0.05) is 27.7 Å². The normalized spacial score (nSPS) is 46.8. The Morgan fingerprint density at radius 1 is 1.06 bits per heavy atom. The summed E-state index contributed by atoms with van der Waals surface area (Å²) in [5, 5.41) is 66.6. The van der Waals surface area contributed by atoms with Crippen molar-refractivity contribution >= 4 is 5.78 Å². The van der Waals surface area contributed by atoms with Crippen LogP contribution in [0.5, 0.6) is 0 Å². The van der Waals surface area contributed by atoms with Gasteiger partial charge in [0.05, 0.1) is 35.1 Å². The van der Waals surface area contributed by atoms with Gasteiger partial charge in [-0.15, -0.1) is 0 Å². The molecule has 0 amide bonds. The van der Waals surface area contributed by atoms with E-state index < -0.39 is 63.2 Å². The molecule has 4 aliphatic carbocycles. The van der Waals surface area contributed by atoms with E-state index in [1.54, 1.807) is 26.8 Å². The van der Waals surface area contributed by atoms with Gasteiger partial charge in [0.2, 0.25) is 0 Å². The second-order valence-corrected chi connectivity index (χ2v) is 14.5. The molecule has 36 heavy (non-hydrogen) atoms. The van der Waals surface area contributed by atoms with E-state index in [-0.39, 0.29) is 18.1 Å². The Kier molecular flexibility index (Phi) is 6.52. The van der Waals surface area contributed by atoms with Gasteiger partial charge in [0.1, 0.15) is 0 Å². The molecule has 0 radical (unpaired) electrons. The third-order valence-electron chi connectivity index (χ3n) is 11.3. The molecule has 0 aromatic heterocycles. The fourth-order valence-electron chi connectivity index (χ4n) is 9.31. The first-order valence-corrected chi connectivity index (χ1v) is 13.7. The van der Waals surface area contributed by atoms with Gasteiger partial charge in [0, 0.05) is 16.7 Å². The predicted molar refractivity (Wildman–Crippen MR) is 136 cm³/mol. The van der Waals surface area contributed by atoms with E-state index in [0.717, 1.165) is 0 Å². The van der Waals surface area contributed by atoms with Crippen molar-refractivity contribution in [2.24, 2.45) is 34.0 Å². The van der Waals surface area contributed by atoms with Crippen molar-refractivity contribution in [3.63, 3.8) is 0 Å². The maximum atomic E-state index is 13.7. The lowest BCUT2D eigenvalue weighted by atomic mass is 9.42. The molecule has 4 rings (SSSR count). The van der Waals surface area contributed by atoms with Crippen molar-refractivity contribution in [1.82, 2.24) is 0 Å². The molecule has 6 N–H and O–H groups in total. The summed E-state index contributed by atoms with van der Waals surface area (Å²) in [6.45, 7) is 12.7. The molecule has 0 saturated heterocycles. The quantitative estimate of drug-likeness (QED) is 0.335. The monoisotopic (exact) mass is 508 g/mol. The summed E-state index contributed by atoms with van der Waals surface area (Å²) in [7, 11) is 0. The Labute approximate surface area is 215 Å². The molecule has 4 aliphatic rings. The lowest BCUT2D eigenvalue weighted by Crippen LogP contribution is -2.66. The topological polar surface area (TPSA) is 138 Å². The molecular weight excluding hydrogens is 460 g/mol. The number of hydrogen-bond acceptors (Lipinski definition) is 7. The highest BCUT2D eigenvalue weighted by Gasteiger charge is 2.70.